The summed E-state index contributed by atoms with van der Waals surface area (Å²) < 4.78 is 6.93. The Labute approximate surface area is 188 Å². The van der Waals surface area contributed by atoms with Crippen molar-refractivity contribution in [2.24, 2.45) is 13.0 Å². The fraction of sp³-hybridized carbons (Fsp3) is 0.417. The summed E-state index contributed by atoms with van der Waals surface area (Å²) in [5.74, 6) is 2.13. The molecule has 1 saturated carbocycles. The lowest BCUT2D eigenvalue weighted by atomic mass is 9.93. The largest absolute Gasteiger partial charge is 0.385 e. The van der Waals surface area contributed by atoms with Crippen molar-refractivity contribution in [3.63, 3.8) is 0 Å². The molecule has 32 heavy (non-hydrogen) atoms. The third-order valence-corrected chi connectivity index (χ3v) is 6.13. The van der Waals surface area contributed by atoms with Crippen LogP contribution in [0.2, 0.25) is 0 Å². The molecule has 0 radical (unpaired) electrons. The Morgan fingerprint density at radius 3 is 2.66 bits per heavy atom. The molecule has 2 aromatic heterocycles. The average molecular weight is 435 g/mol. The number of anilines is 1. The predicted molar refractivity (Wildman–Crippen MR) is 123 cm³/mol. The van der Waals surface area contributed by atoms with Crippen molar-refractivity contribution >= 4 is 11.8 Å². The van der Waals surface area contributed by atoms with Crippen LogP contribution in [0, 0.1) is 12.8 Å². The number of ether oxygens (including phenoxy) is 1. The predicted octanol–water partition coefficient (Wildman–Crippen LogP) is 3.91. The molecular weight excluding hydrogens is 404 g/mol. The lowest BCUT2D eigenvalue weighted by Crippen LogP contribution is -2.39. The first kappa shape index (κ1) is 22.0. The molecule has 2 unspecified atom stereocenters. The maximum atomic E-state index is 12.9. The molecule has 2 heterocycles. The highest BCUT2D eigenvalue weighted by molar-refractivity contribution is 5.89. The smallest absolute Gasteiger partial charge is 0.320 e. The third-order valence-electron chi connectivity index (χ3n) is 6.13. The minimum absolute atomic E-state index is 0.0671. The van der Waals surface area contributed by atoms with E-state index in [1.54, 1.807) is 31.2 Å². The van der Waals surface area contributed by atoms with Gasteiger partial charge >= 0.3 is 6.03 Å². The molecule has 3 aromatic rings. The Bertz CT molecular complexity index is 1030. The van der Waals surface area contributed by atoms with Crippen LogP contribution in [0.25, 0.3) is 11.3 Å². The Hall–Kier alpha value is -3.26. The molecular formula is C24H30N6O2. The standard InChI is InChI=1S/C24H30N6O2/c1-16-25-14-19(15-26-16)21-13-23(30(2)29-21)28-24(31)27-22-12-17(9-10-32-3)11-20(22)18-7-5-4-6-8-18/h4-8,13-15,17,20,22H,9-12H2,1-3H3,(H2,27,28,31)/t17?,20?,22-/m1/s1. The Kier molecular flexibility index (Phi) is 6.80. The molecule has 8 heteroatoms. The van der Waals surface area contributed by atoms with Crippen molar-refractivity contribution < 1.29 is 9.53 Å². The van der Waals surface area contributed by atoms with Crippen molar-refractivity contribution in [3.8, 4) is 11.3 Å². The molecule has 1 fully saturated rings. The summed E-state index contributed by atoms with van der Waals surface area (Å²) in [4.78, 5) is 21.3. The topological polar surface area (TPSA) is 94.0 Å². The Balaban J connectivity index is 1.44. The fourth-order valence-corrected chi connectivity index (χ4v) is 4.46. The van der Waals surface area contributed by atoms with Gasteiger partial charge in [-0.25, -0.2) is 14.8 Å². The first-order valence-electron chi connectivity index (χ1n) is 11.0. The monoisotopic (exact) mass is 434 g/mol. The van der Waals surface area contributed by atoms with Gasteiger partial charge in [-0.1, -0.05) is 30.3 Å². The molecule has 4 rings (SSSR count). The second-order valence-electron chi connectivity index (χ2n) is 8.40. The highest BCUT2D eigenvalue weighted by atomic mass is 16.5. The van der Waals surface area contributed by atoms with Gasteiger partial charge < -0.3 is 10.1 Å². The lowest BCUT2D eigenvalue weighted by Gasteiger charge is -2.21. The van der Waals surface area contributed by atoms with Gasteiger partial charge in [-0.05, 0) is 37.7 Å². The summed E-state index contributed by atoms with van der Waals surface area (Å²) >= 11 is 0. The van der Waals surface area contributed by atoms with E-state index in [4.69, 9.17) is 4.74 Å². The molecule has 2 N–H and O–H groups in total. The molecule has 1 aliphatic rings. The molecule has 0 aliphatic heterocycles. The quantitative estimate of drug-likeness (QED) is 0.588. The SMILES string of the molecule is COCCC1CC(c2ccccc2)[C@H](NC(=O)Nc2cc(-c3cnc(C)nc3)nn2C)C1. The zero-order valence-electron chi connectivity index (χ0n) is 18.8. The van der Waals surface area contributed by atoms with Crippen LogP contribution in [0.1, 0.15) is 36.6 Å². The minimum Gasteiger partial charge on any atom is -0.385 e. The van der Waals surface area contributed by atoms with Gasteiger partial charge in [-0.2, -0.15) is 5.10 Å². The number of aryl methyl sites for hydroxylation is 2. The van der Waals surface area contributed by atoms with E-state index in [0.717, 1.165) is 31.4 Å². The first-order valence-corrected chi connectivity index (χ1v) is 11.0. The van der Waals surface area contributed by atoms with Crippen LogP contribution in [0.4, 0.5) is 10.6 Å². The zero-order valence-corrected chi connectivity index (χ0v) is 18.8. The normalized spacial score (nSPS) is 20.3. The van der Waals surface area contributed by atoms with Gasteiger partial charge in [0.15, 0.2) is 0 Å². The molecule has 1 aliphatic carbocycles. The number of benzene rings is 1. The van der Waals surface area contributed by atoms with Crippen LogP contribution in [-0.4, -0.2) is 45.5 Å². The number of nitrogens with zero attached hydrogens (tertiary/aromatic N) is 4. The number of amides is 2. The number of hydrogen-bond donors (Lipinski definition) is 2. The fourth-order valence-electron chi connectivity index (χ4n) is 4.46. The van der Waals surface area contributed by atoms with Gasteiger partial charge in [0.25, 0.3) is 0 Å². The van der Waals surface area contributed by atoms with E-state index < -0.39 is 0 Å². The highest BCUT2D eigenvalue weighted by Crippen LogP contribution is 2.40. The maximum absolute atomic E-state index is 12.9. The van der Waals surface area contributed by atoms with Crippen molar-refractivity contribution in [1.82, 2.24) is 25.1 Å². The van der Waals surface area contributed by atoms with Crippen LogP contribution in [-0.2, 0) is 11.8 Å². The van der Waals surface area contributed by atoms with E-state index in [2.05, 4.69) is 50.0 Å². The Morgan fingerprint density at radius 2 is 1.94 bits per heavy atom. The molecule has 168 valence electrons. The van der Waals surface area contributed by atoms with E-state index in [-0.39, 0.29) is 18.0 Å². The summed E-state index contributed by atoms with van der Waals surface area (Å²) in [6, 6.07) is 12.1. The number of carbonyl (C=O) groups excluding carboxylic acids is 1. The minimum atomic E-state index is -0.224. The summed E-state index contributed by atoms with van der Waals surface area (Å²) in [6.07, 6.45) is 6.45. The van der Waals surface area contributed by atoms with Gasteiger partial charge in [-0.3, -0.25) is 10.00 Å². The van der Waals surface area contributed by atoms with Crippen LogP contribution in [0.15, 0.2) is 48.8 Å². The molecule has 3 atom stereocenters. The number of urea groups is 1. The summed E-state index contributed by atoms with van der Waals surface area (Å²) in [6.45, 7) is 2.58. The van der Waals surface area contributed by atoms with Crippen LogP contribution >= 0.6 is 0 Å². The van der Waals surface area contributed by atoms with E-state index >= 15 is 0 Å². The van der Waals surface area contributed by atoms with Crippen LogP contribution < -0.4 is 10.6 Å². The van der Waals surface area contributed by atoms with Gasteiger partial charge in [0, 0.05) is 56.7 Å². The van der Waals surface area contributed by atoms with Gasteiger partial charge in [0.05, 0.1) is 5.69 Å². The molecule has 8 nitrogen and oxygen atoms in total. The van der Waals surface area contributed by atoms with E-state index in [0.29, 0.717) is 23.3 Å². The zero-order chi connectivity index (χ0) is 22.5. The summed E-state index contributed by atoms with van der Waals surface area (Å²) in [5.41, 5.74) is 2.78. The molecule has 0 bridgehead atoms. The highest BCUT2D eigenvalue weighted by Gasteiger charge is 2.36. The van der Waals surface area contributed by atoms with Crippen molar-refractivity contribution in [3.05, 3.63) is 60.2 Å². The Morgan fingerprint density at radius 1 is 1.19 bits per heavy atom. The summed E-state index contributed by atoms with van der Waals surface area (Å²) in [5, 5.41) is 10.6. The van der Waals surface area contributed by atoms with E-state index in [1.165, 1.54) is 5.56 Å². The van der Waals surface area contributed by atoms with E-state index in [1.807, 2.05) is 19.1 Å². The van der Waals surface area contributed by atoms with Crippen LogP contribution in [0.3, 0.4) is 0 Å². The van der Waals surface area contributed by atoms with Gasteiger partial charge in [0.1, 0.15) is 11.6 Å². The number of aromatic nitrogens is 4. The molecule has 1 aromatic carbocycles. The summed E-state index contributed by atoms with van der Waals surface area (Å²) in [7, 11) is 3.54. The van der Waals surface area contributed by atoms with Crippen molar-refractivity contribution in [2.45, 2.75) is 38.1 Å². The van der Waals surface area contributed by atoms with Crippen molar-refractivity contribution in [1.29, 1.82) is 0 Å². The molecule has 0 spiro atoms. The van der Waals surface area contributed by atoms with Gasteiger partial charge in [-0.15, -0.1) is 0 Å². The number of rotatable bonds is 7. The van der Waals surface area contributed by atoms with Gasteiger partial charge in [0.2, 0.25) is 0 Å². The van der Waals surface area contributed by atoms with Crippen LogP contribution in [0.5, 0.6) is 0 Å². The number of carbonyl (C=O) groups is 1. The lowest BCUT2D eigenvalue weighted by molar-refractivity contribution is 0.177. The van der Waals surface area contributed by atoms with E-state index in [9.17, 15) is 4.79 Å². The molecule has 2 amide bonds. The average Bonchev–Trinajstić information content (AvgIpc) is 3.36. The third kappa shape index (κ3) is 5.13. The number of hydrogen-bond acceptors (Lipinski definition) is 5. The molecule has 0 saturated heterocycles. The number of nitrogens with one attached hydrogen (secondary N) is 2. The number of methoxy groups -OCH3 is 1. The first-order chi connectivity index (χ1) is 15.5. The maximum Gasteiger partial charge on any atom is 0.320 e. The van der Waals surface area contributed by atoms with Crippen molar-refractivity contribution in [2.75, 3.05) is 19.0 Å². The second kappa shape index (κ2) is 9.91. The second-order valence-corrected chi connectivity index (χ2v) is 8.40.